The third-order valence-corrected chi connectivity index (χ3v) is 5.88. The Labute approximate surface area is 180 Å². The van der Waals surface area contributed by atoms with Gasteiger partial charge >= 0.3 is 5.97 Å². The van der Waals surface area contributed by atoms with Crippen molar-refractivity contribution in [3.8, 4) is 10.6 Å². The van der Waals surface area contributed by atoms with E-state index in [-0.39, 0.29) is 12.6 Å². The minimum absolute atomic E-state index is 0.139. The second kappa shape index (κ2) is 8.93. The van der Waals surface area contributed by atoms with Crippen LogP contribution in [0.15, 0.2) is 78.2 Å². The molecule has 1 aromatic heterocycles. The van der Waals surface area contributed by atoms with Crippen molar-refractivity contribution in [3.63, 3.8) is 0 Å². The van der Waals surface area contributed by atoms with Crippen molar-refractivity contribution in [2.75, 3.05) is 5.32 Å². The summed E-state index contributed by atoms with van der Waals surface area (Å²) in [4.78, 5) is 17.4. The molecule has 0 aliphatic carbocycles. The molecule has 4 aromatic rings. The molecule has 30 heavy (non-hydrogen) atoms. The maximum atomic E-state index is 12.8. The number of thiazole rings is 1. The van der Waals surface area contributed by atoms with E-state index in [2.05, 4.69) is 30.2 Å². The number of hydrogen-bond donors (Lipinski definition) is 1. The highest BCUT2D eigenvalue weighted by molar-refractivity contribution is 7.13. The first-order chi connectivity index (χ1) is 14.6. The highest BCUT2D eigenvalue weighted by atomic mass is 32.1. The van der Waals surface area contributed by atoms with E-state index in [1.807, 2.05) is 66.0 Å². The summed E-state index contributed by atoms with van der Waals surface area (Å²) in [5.74, 6) is -0.377. The summed E-state index contributed by atoms with van der Waals surface area (Å²) in [6.07, 6.45) is 0. The predicted molar refractivity (Wildman–Crippen MR) is 122 cm³/mol. The molecule has 0 aliphatic heterocycles. The number of esters is 1. The number of rotatable bonds is 6. The van der Waals surface area contributed by atoms with Gasteiger partial charge in [-0.25, -0.2) is 9.78 Å². The smallest absolute Gasteiger partial charge is 0.340 e. The van der Waals surface area contributed by atoms with Gasteiger partial charge in [0.2, 0.25) is 0 Å². The average molecular weight is 415 g/mol. The largest absolute Gasteiger partial charge is 0.455 e. The number of nitrogens with zero attached hydrogens (tertiary/aromatic N) is 1. The summed E-state index contributed by atoms with van der Waals surface area (Å²) in [6.45, 7) is 4.27. The van der Waals surface area contributed by atoms with Crippen LogP contribution in [0.4, 0.5) is 11.4 Å². The number of anilines is 2. The van der Waals surface area contributed by atoms with E-state index in [0.29, 0.717) is 5.56 Å². The maximum Gasteiger partial charge on any atom is 0.340 e. The molecule has 1 heterocycles. The normalized spacial score (nSPS) is 10.6. The second-order valence-corrected chi connectivity index (χ2v) is 7.86. The summed E-state index contributed by atoms with van der Waals surface area (Å²) >= 11 is 1.54. The van der Waals surface area contributed by atoms with Gasteiger partial charge in [-0.1, -0.05) is 54.6 Å². The molecule has 0 amide bonds. The number of aromatic nitrogens is 1. The molecular weight excluding hydrogens is 392 g/mol. The van der Waals surface area contributed by atoms with Gasteiger partial charge in [0.25, 0.3) is 0 Å². The summed E-state index contributed by atoms with van der Waals surface area (Å²) in [5.41, 5.74) is 6.34. The third-order valence-electron chi connectivity index (χ3n) is 4.94. The quantitative estimate of drug-likeness (QED) is 0.365. The Bertz CT molecular complexity index is 1170. The first kappa shape index (κ1) is 19.9. The molecular formula is C25H22N2O2S. The van der Waals surface area contributed by atoms with Crippen LogP contribution in [0.5, 0.6) is 0 Å². The van der Waals surface area contributed by atoms with Crippen LogP contribution in [0, 0.1) is 13.8 Å². The van der Waals surface area contributed by atoms with E-state index < -0.39 is 0 Å². The fraction of sp³-hybridized carbons (Fsp3) is 0.120. The van der Waals surface area contributed by atoms with Crippen molar-refractivity contribution in [3.05, 3.63) is 101 Å². The molecule has 0 bridgehead atoms. The fourth-order valence-corrected chi connectivity index (χ4v) is 3.92. The van der Waals surface area contributed by atoms with Crippen molar-refractivity contribution >= 4 is 28.7 Å². The second-order valence-electron chi connectivity index (χ2n) is 7.00. The molecule has 0 spiro atoms. The molecule has 3 aromatic carbocycles. The van der Waals surface area contributed by atoms with Crippen LogP contribution < -0.4 is 5.32 Å². The summed E-state index contributed by atoms with van der Waals surface area (Å²) in [7, 11) is 0. The van der Waals surface area contributed by atoms with E-state index in [9.17, 15) is 4.79 Å². The number of para-hydroxylation sites is 1. The molecule has 5 heteroatoms. The number of ether oxygens (including phenoxy) is 1. The van der Waals surface area contributed by atoms with Crippen molar-refractivity contribution in [1.82, 2.24) is 4.98 Å². The Morgan fingerprint density at radius 3 is 2.50 bits per heavy atom. The number of nitrogens with one attached hydrogen (secondary N) is 1. The SMILES string of the molecule is Cc1cccc(Nc2ccccc2C(=O)OCc2csc(-c3ccccc3)n2)c1C. The third kappa shape index (κ3) is 4.42. The monoisotopic (exact) mass is 414 g/mol. The molecule has 0 atom stereocenters. The van der Waals surface area contributed by atoms with E-state index >= 15 is 0 Å². The van der Waals surface area contributed by atoms with Gasteiger partial charge in [0, 0.05) is 16.6 Å². The lowest BCUT2D eigenvalue weighted by molar-refractivity contribution is 0.0469. The van der Waals surface area contributed by atoms with E-state index in [4.69, 9.17) is 4.74 Å². The van der Waals surface area contributed by atoms with Crippen molar-refractivity contribution in [2.24, 2.45) is 0 Å². The zero-order valence-electron chi connectivity index (χ0n) is 16.9. The summed E-state index contributed by atoms with van der Waals surface area (Å²) < 4.78 is 5.56. The molecule has 0 saturated heterocycles. The Hall–Kier alpha value is -3.44. The molecule has 150 valence electrons. The van der Waals surface area contributed by atoms with Crippen LogP contribution in [-0.4, -0.2) is 11.0 Å². The lowest BCUT2D eigenvalue weighted by Crippen LogP contribution is -2.09. The molecule has 0 unspecified atom stereocenters. The van der Waals surface area contributed by atoms with Crippen LogP contribution in [0.2, 0.25) is 0 Å². The molecule has 0 fully saturated rings. The Morgan fingerprint density at radius 2 is 1.67 bits per heavy atom. The number of benzene rings is 3. The highest BCUT2D eigenvalue weighted by Gasteiger charge is 2.15. The average Bonchev–Trinajstić information content (AvgIpc) is 3.25. The van der Waals surface area contributed by atoms with E-state index in [1.165, 1.54) is 5.56 Å². The lowest BCUT2D eigenvalue weighted by atomic mass is 10.1. The van der Waals surface area contributed by atoms with Gasteiger partial charge in [-0.05, 0) is 43.2 Å². The van der Waals surface area contributed by atoms with Crippen LogP contribution in [0.1, 0.15) is 27.2 Å². The van der Waals surface area contributed by atoms with Gasteiger partial charge in [0.15, 0.2) is 0 Å². The zero-order valence-corrected chi connectivity index (χ0v) is 17.7. The minimum Gasteiger partial charge on any atom is -0.455 e. The van der Waals surface area contributed by atoms with Gasteiger partial charge in [-0.3, -0.25) is 0 Å². The topological polar surface area (TPSA) is 51.2 Å². The first-order valence-corrected chi connectivity index (χ1v) is 10.6. The Kier molecular flexibility index (Phi) is 5.91. The fourth-order valence-electron chi connectivity index (χ4n) is 3.11. The zero-order chi connectivity index (χ0) is 20.9. The summed E-state index contributed by atoms with van der Waals surface area (Å²) in [5, 5.41) is 6.21. The Balaban J connectivity index is 1.47. The van der Waals surface area contributed by atoms with Crippen molar-refractivity contribution in [2.45, 2.75) is 20.5 Å². The van der Waals surface area contributed by atoms with Gasteiger partial charge in [-0.2, -0.15) is 0 Å². The molecule has 1 N–H and O–H groups in total. The van der Waals surface area contributed by atoms with Crippen molar-refractivity contribution < 1.29 is 9.53 Å². The number of hydrogen-bond acceptors (Lipinski definition) is 5. The standard InChI is InChI=1S/C25H22N2O2S/c1-17-9-8-14-22(18(17)2)27-23-13-7-6-12-21(23)25(28)29-15-20-16-30-24(26-20)19-10-4-3-5-11-19/h3-14,16,27H,15H2,1-2H3. The van der Waals surface area contributed by atoms with E-state index in [0.717, 1.165) is 33.2 Å². The van der Waals surface area contributed by atoms with Crippen LogP contribution >= 0.6 is 11.3 Å². The maximum absolute atomic E-state index is 12.8. The van der Waals surface area contributed by atoms with Crippen LogP contribution in [-0.2, 0) is 11.3 Å². The lowest BCUT2D eigenvalue weighted by Gasteiger charge is -2.14. The van der Waals surface area contributed by atoms with Gasteiger partial charge < -0.3 is 10.1 Å². The van der Waals surface area contributed by atoms with Gasteiger partial charge in [0.05, 0.1) is 16.9 Å². The molecule has 0 aliphatic rings. The molecule has 4 nitrogen and oxygen atoms in total. The Morgan fingerprint density at radius 1 is 0.933 bits per heavy atom. The number of aryl methyl sites for hydroxylation is 1. The van der Waals surface area contributed by atoms with E-state index in [1.54, 1.807) is 17.4 Å². The molecule has 4 rings (SSSR count). The predicted octanol–water partition coefficient (Wildman–Crippen LogP) is 6.53. The summed E-state index contributed by atoms with van der Waals surface area (Å²) in [6, 6.07) is 23.4. The number of carbonyl (C=O) groups excluding carboxylic acids is 1. The molecule has 0 radical (unpaired) electrons. The van der Waals surface area contributed by atoms with Crippen LogP contribution in [0.3, 0.4) is 0 Å². The highest BCUT2D eigenvalue weighted by Crippen LogP contribution is 2.27. The molecule has 0 saturated carbocycles. The van der Waals surface area contributed by atoms with Crippen molar-refractivity contribution in [1.29, 1.82) is 0 Å². The van der Waals surface area contributed by atoms with Gasteiger partial charge in [0.1, 0.15) is 11.6 Å². The van der Waals surface area contributed by atoms with Crippen LogP contribution in [0.25, 0.3) is 10.6 Å². The minimum atomic E-state index is -0.377. The van der Waals surface area contributed by atoms with Gasteiger partial charge in [-0.15, -0.1) is 11.3 Å². The first-order valence-electron chi connectivity index (χ1n) is 9.71. The number of carbonyl (C=O) groups is 1.